The molecule has 2 rings (SSSR count). The number of carbonyl (C=O) groups is 1. The Morgan fingerprint density at radius 3 is 2.90 bits per heavy atom. The highest BCUT2D eigenvalue weighted by molar-refractivity contribution is 7.16. The molecular formula is C14H17ClN2O2S. The quantitative estimate of drug-likeness (QED) is 0.870. The van der Waals surface area contributed by atoms with Crippen molar-refractivity contribution in [2.45, 2.75) is 20.4 Å². The number of hydrogen-bond acceptors (Lipinski definition) is 3. The lowest BCUT2D eigenvalue weighted by Crippen LogP contribution is -2.20. The zero-order chi connectivity index (χ0) is 14.7. The van der Waals surface area contributed by atoms with E-state index in [1.807, 2.05) is 36.6 Å². The molecule has 1 heterocycles. The van der Waals surface area contributed by atoms with Crippen molar-refractivity contribution in [2.24, 2.45) is 10.9 Å². The Morgan fingerprint density at radius 1 is 1.50 bits per heavy atom. The molecule has 6 heteroatoms. The standard InChI is InChI=1S/C14H17ClN2O2S/c1-9(2)13(18)16-14-17(7-8-19-3)12-10(15)5-4-6-11(12)20-14/h4-6,9H,7-8H2,1-3H3. The first-order valence-corrected chi connectivity index (χ1v) is 7.59. The number of rotatable bonds is 4. The molecule has 0 aliphatic carbocycles. The fourth-order valence-electron chi connectivity index (χ4n) is 1.79. The molecule has 4 nitrogen and oxygen atoms in total. The van der Waals surface area contributed by atoms with Crippen LogP contribution in [0, 0.1) is 5.92 Å². The molecule has 0 atom stereocenters. The van der Waals surface area contributed by atoms with Gasteiger partial charge in [0.25, 0.3) is 5.91 Å². The lowest BCUT2D eigenvalue weighted by Gasteiger charge is -2.05. The Bertz CT molecular complexity index is 688. The number of benzene rings is 1. The van der Waals surface area contributed by atoms with Gasteiger partial charge in [0.15, 0.2) is 4.80 Å². The van der Waals surface area contributed by atoms with Gasteiger partial charge in [0.1, 0.15) is 0 Å². The summed E-state index contributed by atoms with van der Waals surface area (Å²) in [6, 6.07) is 5.72. The molecule has 0 saturated carbocycles. The van der Waals surface area contributed by atoms with Crippen LogP contribution in [0.25, 0.3) is 10.2 Å². The Balaban J connectivity index is 2.64. The number of halogens is 1. The fourth-order valence-corrected chi connectivity index (χ4v) is 3.21. The SMILES string of the molecule is COCCn1c(=NC(=O)C(C)C)sc2cccc(Cl)c21. The number of hydrogen-bond donors (Lipinski definition) is 0. The molecule has 1 aromatic carbocycles. The van der Waals surface area contributed by atoms with E-state index in [4.69, 9.17) is 16.3 Å². The molecule has 0 aliphatic heterocycles. The summed E-state index contributed by atoms with van der Waals surface area (Å²) in [7, 11) is 1.65. The molecule has 0 radical (unpaired) electrons. The van der Waals surface area contributed by atoms with Crippen molar-refractivity contribution < 1.29 is 9.53 Å². The zero-order valence-corrected chi connectivity index (χ0v) is 13.3. The van der Waals surface area contributed by atoms with E-state index in [1.165, 1.54) is 11.3 Å². The minimum atomic E-state index is -0.126. The summed E-state index contributed by atoms with van der Waals surface area (Å²) in [5.74, 6) is -0.245. The molecule has 0 aliphatic rings. The van der Waals surface area contributed by atoms with Gasteiger partial charge < -0.3 is 9.30 Å². The van der Waals surface area contributed by atoms with Crippen molar-refractivity contribution in [3.63, 3.8) is 0 Å². The van der Waals surface area contributed by atoms with E-state index in [2.05, 4.69) is 4.99 Å². The first-order chi connectivity index (χ1) is 9.54. The minimum absolute atomic E-state index is 0.119. The van der Waals surface area contributed by atoms with Crippen molar-refractivity contribution in [2.75, 3.05) is 13.7 Å². The van der Waals surface area contributed by atoms with Crippen LogP contribution in [0.15, 0.2) is 23.2 Å². The highest BCUT2D eigenvalue weighted by Gasteiger charge is 2.11. The van der Waals surface area contributed by atoms with Gasteiger partial charge in [0.2, 0.25) is 0 Å². The molecule has 0 fully saturated rings. The number of ether oxygens (including phenoxy) is 1. The molecule has 20 heavy (non-hydrogen) atoms. The molecule has 108 valence electrons. The number of aromatic nitrogens is 1. The van der Waals surface area contributed by atoms with Gasteiger partial charge in [-0.15, -0.1) is 0 Å². The second-order valence-electron chi connectivity index (χ2n) is 4.72. The third kappa shape index (κ3) is 3.11. The molecule has 0 spiro atoms. The monoisotopic (exact) mass is 312 g/mol. The lowest BCUT2D eigenvalue weighted by molar-refractivity contribution is -0.120. The number of fused-ring (bicyclic) bond motifs is 1. The minimum Gasteiger partial charge on any atom is -0.383 e. The first-order valence-electron chi connectivity index (χ1n) is 6.40. The van der Waals surface area contributed by atoms with Crippen LogP contribution in [-0.2, 0) is 16.1 Å². The van der Waals surface area contributed by atoms with E-state index < -0.39 is 0 Å². The summed E-state index contributed by atoms with van der Waals surface area (Å²) >= 11 is 7.74. The predicted molar refractivity (Wildman–Crippen MR) is 82.1 cm³/mol. The van der Waals surface area contributed by atoms with Gasteiger partial charge in [-0.25, -0.2) is 0 Å². The Kier molecular flexibility index (Phi) is 4.96. The Hall–Kier alpha value is -1.17. The topological polar surface area (TPSA) is 43.6 Å². The third-order valence-corrected chi connectivity index (χ3v) is 4.22. The highest BCUT2D eigenvalue weighted by Crippen LogP contribution is 2.25. The Labute approximate surface area is 126 Å². The highest BCUT2D eigenvalue weighted by atomic mass is 35.5. The molecule has 0 unspecified atom stereocenters. The van der Waals surface area contributed by atoms with Crippen molar-refractivity contribution >= 4 is 39.1 Å². The van der Waals surface area contributed by atoms with Crippen LogP contribution in [0.5, 0.6) is 0 Å². The van der Waals surface area contributed by atoms with Crippen LogP contribution >= 0.6 is 22.9 Å². The molecule has 1 amide bonds. The maximum atomic E-state index is 11.9. The summed E-state index contributed by atoms with van der Waals surface area (Å²) in [5.41, 5.74) is 0.909. The zero-order valence-electron chi connectivity index (χ0n) is 11.7. The maximum Gasteiger partial charge on any atom is 0.250 e. The average Bonchev–Trinajstić information content (AvgIpc) is 2.75. The number of carbonyl (C=O) groups excluding carboxylic acids is 1. The largest absolute Gasteiger partial charge is 0.383 e. The average molecular weight is 313 g/mol. The van der Waals surface area contributed by atoms with Gasteiger partial charge in [-0.2, -0.15) is 4.99 Å². The second kappa shape index (κ2) is 6.52. The van der Waals surface area contributed by atoms with Gasteiger partial charge in [0, 0.05) is 19.6 Å². The second-order valence-corrected chi connectivity index (χ2v) is 6.14. The summed E-state index contributed by atoms with van der Waals surface area (Å²) in [4.78, 5) is 16.8. The van der Waals surface area contributed by atoms with Gasteiger partial charge in [0.05, 0.1) is 21.8 Å². The van der Waals surface area contributed by atoms with E-state index in [0.717, 1.165) is 10.2 Å². The summed E-state index contributed by atoms with van der Waals surface area (Å²) in [5, 5.41) is 0.660. The molecule has 1 aromatic heterocycles. The van der Waals surface area contributed by atoms with Crippen LogP contribution in [-0.4, -0.2) is 24.2 Å². The van der Waals surface area contributed by atoms with Gasteiger partial charge in [-0.3, -0.25) is 4.79 Å². The van der Waals surface area contributed by atoms with Crippen molar-refractivity contribution in [1.29, 1.82) is 0 Å². The van der Waals surface area contributed by atoms with Crippen LogP contribution in [0.4, 0.5) is 0 Å². The van der Waals surface area contributed by atoms with E-state index >= 15 is 0 Å². The van der Waals surface area contributed by atoms with Crippen molar-refractivity contribution in [3.8, 4) is 0 Å². The molecule has 0 saturated heterocycles. The predicted octanol–water partition coefficient (Wildman–Crippen LogP) is 3.09. The molecule has 2 aromatic rings. The van der Waals surface area contributed by atoms with Crippen molar-refractivity contribution in [1.82, 2.24) is 4.57 Å². The number of methoxy groups -OCH3 is 1. The summed E-state index contributed by atoms with van der Waals surface area (Å²) in [6.07, 6.45) is 0. The number of nitrogens with zero attached hydrogens (tertiary/aromatic N) is 2. The Morgan fingerprint density at radius 2 is 2.25 bits per heavy atom. The van der Waals surface area contributed by atoms with E-state index in [9.17, 15) is 4.79 Å². The van der Waals surface area contributed by atoms with Crippen LogP contribution in [0.3, 0.4) is 0 Å². The molecular weight excluding hydrogens is 296 g/mol. The van der Waals surface area contributed by atoms with Gasteiger partial charge in [-0.1, -0.05) is 42.9 Å². The number of thiazole rings is 1. The summed E-state index contributed by atoms with van der Waals surface area (Å²) in [6.45, 7) is 4.84. The fraction of sp³-hybridized carbons (Fsp3) is 0.429. The van der Waals surface area contributed by atoms with E-state index in [1.54, 1.807) is 7.11 Å². The van der Waals surface area contributed by atoms with Crippen LogP contribution < -0.4 is 4.80 Å². The lowest BCUT2D eigenvalue weighted by atomic mass is 10.2. The smallest absolute Gasteiger partial charge is 0.250 e. The van der Waals surface area contributed by atoms with Crippen LogP contribution in [0.1, 0.15) is 13.8 Å². The normalized spacial score (nSPS) is 12.6. The third-order valence-electron chi connectivity index (χ3n) is 2.87. The van der Waals surface area contributed by atoms with Gasteiger partial charge in [-0.05, 0) is 12.1 Å². The summed E-state index contributed by atoms with van der Waals surface area (Å²) < 4.78 is 8.09. The van der Waals surface area contributed by atoms with Gasteiger partial charge >= 0.3 is 0 Å². The van der Waals surface area contributed by atoms with E-state index in [-0.39, 0.29) is 11.8 Å². The molecule has 0 N–H and O–H groups in total. The number of amides is 1. The van der Waals surface area contributed by atoms with Crippen LogP contribution in [0.2, 0.25) is 5.02 Å². The van der Waals surface area contributed by atoms with E-state index in [0.29, 0.717) is 23.0 Å². The molecule has 0 bridgehead atoms. The van der Waals surface area contributed by atoms with Crippen molar-refractivity contribution in [3.05, 3.63) is 28.0 Å². The number of para-hydroxylation sites is 1. The maximum absolute atomic E-state index is 11.9. The first kappa shape index (κ1) is 15.2.